The molecule has 0 saturated carbocycles. The molecule has 5 rings (SSSR count). The Hall–Kier alpha value is -4.26. The fraction of sp³-hybridized carbons (Fsp3) is 0.290. The molecule has 38 heavy (non-hydrogen) atoms. The number of hydrogen-bond donors (Lipinski definition) is 1. The maximum absolute atomic E-state index is 13.5. The van der Waals surface area contributed by atoms with Gasteiger partial charge in [0.1, 0.15) is 11.5 Å². The number of aryl methyl sites for hydroxylation is 1. The van der Waals surface area contributed by atoms with E-state index in [1.807, 2.05) is 43.3 Å². The molecule has 0 spiro atoms. The van der Waals surface area contributed by atoms with Crippen LogP contribution in [0.5, 0.6) is 17.2 Å². The summed E-state index contributed by atoms with van der Waals surface area (Å²) >= 11 is 0. The van der Waals surface area contributed by atoms with E-state index in [1.165, 1.54) is 4.90 Å². The molecule has 1 saturated heterocycles. The number of carbonyl (C=O) groups is 2. The number of Topliss-reactive ketones (excluding diaryl/α,β-unsaturated/α-hetero) is 1. The molecule has 2 aliphatic heterocycles. The maximum atomic E-state index is 13.5. The molecule has 2 heterocycles. The Morgan fingerprint density at radius 2 is 1.71 bits per heavy atom. The second-order valence-corrected chi connectivity index (χ2v) is 10.7. The van der Waals surface area contributed by atoms with Gasteiger partial charge in [0.2, 0.25) is 6.79 Å². The first-order valence-electron chi connectivity index (χ1n) is 12.5. The van der Waals surface area contributed by atoms with Crippen molar-refractivity contribution in [2.45, 2.75) is 45.7 Å². The SMILES string of the molecule is COc1ccc(/C(O)=C2\C(=O)C(=O)N(Cc3ccc4c(c3)OCO4)C2c2ccc(C(C)(C)C)cc2)c(C)c1. The first-order chi connectivity index (χ1) is 18.1. The molecule has 0 aliphatic carbocycles. The van der Waals surface area contributed by atoms with Gasteiger partial charge in [0.25, 0.3) is 11.7 Å². The normalized spacial score (nSPS) is 18.2. The van der Waals surface area contributed by atoms with E-state index in [9.17, 15) is 14.7 Å². The lowest BCUT2D eigenvalue weighted by atomic mass is 9.85. The number of carbonyl (C=O) groups excluding carboxylic acids is 2. The molecule has 3 aromatic carbocycles. The van der Waals surface area contributed by atoms with Crippen molar-refractivity contribution in [2.75, 3.05) is 13.9 Å². The highest BCUT2D eigenvalue weighted by Crippen LogP contribution is 2.42. The molecule has 1 atom stereocenters. The minimum Gasteiger partial charge on any atom is -0.507 e. The highest BCUT2D eigenvalue weighted by Gasteiger charge is 2.46. The lowest BCUT2D eigenvalue weighted by Gasteiger charge is -2.27. The van der Waals surface area contributed by atoms with E-state index in [0.29, 0.717) is 22.8 Å². The van der Waals surface area contributed by atoms with Crippen molar-refractivity contribution < 1.29 is 28.9 Å². The van der Waals surface area contributed by atoms with Gasteiger partial charge in [-0.1, -0.05) is 51.1 Å². The summed E-state index contributed by atoms with van der Waals surface area (Å²) in [5, 5.41) is 11.5. The first kappa shape index (κ1) is 25.4. The van der Waals surface area contributed by atoms with Crippen molar-refractivity contribution in [1.82, 2.24) is 4.90 Å². The Balaban J connectivity index is 1.62. The summed E-state index contributed by atoms with van der Waals surface area (Å²) in [6, 6.07) is 17.8. The Labute approximate surface area is 222 Å². The first-order valence-corrected chi connectivity index (χ1v) is 12.5. The highest BCUT2D eigenvalue weighted by molar-refractivity contribution is 6.46. The molecule has 7 nitrogen and oxygen atoms in total. The number of methoxy groups -OCH3 is 1. The van der Waals surface area contributed by atoms with Gasteiger partial charge in [0.15, 0.2) is 11.5 Å². The summed E-state index contributed by atoms with van der Waals surface area (Å²) < 4.78 is 16.2. The number of benzene rings is 3. The zero-order valence-corrected chi connectivity index (χ0v) is 22.2. The Bertz CT molecular complexity index is 1450. The summed E-state index contributed by atoms with van der Waals surface area (Å²) in [7, 11) is 1.57. The molecule has 3 aromatic rings. The number of fused-ring (bicyclic) bond motifs is 1. The third-order valence-electron chi connectivity index (χ3n) is 7.11. The summed E-state index contributed by atoms with van der Waals surface area (Å²) in [5.41, 5.74) is 3.85. The third-order valence-corrected chi connectivity index (χ3v) is 7.11. The van der Waals surface area contributed by atoms with Crippen molar-refractivity contribution in [3.05, 3.63) is 94.1 Å². The fourth-order valence-corrected chi connectivity index (χ4v) is 4.96. The van der Waals surface area contributed by atoms with Crippen LogP contribution < -0.4 is 14.2 Å². The molecule has 0 bridgehead atoms. The predicted octanol–water partition coefficient (Wildman–Crippen LogP) is 5.65. The zero-order valence-electron chi connectivity index (χ0n) is 22.2. The van der Waals surface area contributed by atoms with E-state index in [1.54, 1.807) is 31.4 Å². The fourth-order valence-electron chi connectivity index (χ4n) is 4.96. The van der Waals surface area contributed by atoms with E-state index in [-0.39, 0.29) is 30.1 Å². The number of rotatable bonds is 5. The van der Waals surface area contributed by atoms with Crippen LogP contribution in [0.2, 0.25) is 0 Å². The van der Waals surface area contributed by atoms with Crippen LogP contribution in [0.1, 0.15) is 54.6 Å². The molecule has 0 aromatic heterocycles. The monoisotopic (exact) mass is 513 g/mol. The van der Waals surface area contributed by atoms with Gasteiger partial charge in [-0.05, 0) is 64.9 Å². The number of nitrogens with zero attached hydrogens (tertiary/aromatic N) is 1. The number of ether oxygens (including phenoxy) is 3. The molecule has 2 aliphatic rings. The van der Waals surface area contributed by atoms with Gasteiger partial charge in [0, 0.05) is 12.1 Å². The number of hydrogen-bond acceptors (Lipinski definition) is 6. The lowest BCUT2D eigenvalue weighted by molar-refractivity contribution is -0.140. The van der Waals surface area contributed by atoms with Crippen LogP contribution in [0.3, 0.4) is 0 Å². The molecular formula is C31H31NO6. The van der Waals surface area contributed by atoms with Gasteiger partial charge in [0.05, 0.1) is 18.7 Å². The molecule has 1 N–H and O–H groups in total. The third kappa shape index (κ3) is 4.49. The van der Waals surface area contributed by atoms with E-state index in [2.05, 4.69) is 20.8 Å². The standard InChI is InChI=1S/C31H31NO6/c1-18-14-22(36-5)11-12-23(18)28(33)26-27(20-7-9-21(10-8-20)31(2,3)4)32(30(35)29(26)34)16-19-6-13-24-25(15-19)38-17-37-24/h6-15,27,33H,16-17H2,1-5H3/b28-26+. The number of aliphatic hydroxyl groups excluding tert-OH is 1. The minimum atomic E-state index is -0.768. The summed E-state index contributed by atoms with van der Waals surface area (Å²) in [6.07, 6.45) is 0. The highest BCUT2D eigenvalue weighted by atomic mass is 16.7. The largest absolute Gasteiger partial charge is 0.507 e. The van der Waals surface area contributed by atoms with Crippen LogP contribution in [0.25, 0.3) is 5.76 Å². The summed E-state index contributed by atoms with van der Waals surface area (Å²) in [4.78, 5) is 28.4. The van der Waals surface area contributed by atoms with Gasteiger partial charge < -0.3 is 24.2 Å². The summed E-state index contributed by atoms with van der Waals surface area (Å²) in [5.74, 6) is 0.279. The smallest absolute Gasteiger partial charge is 0.295 e. The van der Waals surface area contributed by atoms with Crippen LogP contribution in [-0.4, -0.2) is 35.6 Å². The zero-order chi connectivity index (χ0) is 27.2. The number of ketones is 1. The second kappa shape index (κ2) is 9.56. The molecule has 1 fully saturated rings. The number of amides is 1. The van der Waals surface area contributed by atoms with Gasteiger partial charge in [-0.25, -0.2) is 0 Å². The minimum absolute atomic E-state index is 0.0625. The van der Waals surface area contributed by atoms with Crippen LogP contribution in [0.15, 0.2) is 66.2 Å². The molecule has 196 valence electrons. The number of likely N-dealkylation sites (tertiary alicyclic amines) is 1. The Kier molecular flexibility index (Phi) is 6.39. The van der Waals surface area contributed by atoms with Crippen molar-refractivity contribution in [3.63, 3.8) is 0 Å². The predicted molar refractivity (Wildman–Crippen MR) is 143 cm³/mol. The topological polar surface area (TPSA) is 85.3 Å². The van der Waals surface area contributed by atoms with Crippen LogP contribution in [-0.2, 0) is 21.5 Å². The van der Waals surface area contributed by atoms with Crippen molar-refractivity contribution in [2.24, 2.45) is 0 Å². The average molecular weight is 514 g/mol. The van der Waals surface area contributed by atoms with Crippen LogP contribution in [0.4, 0.5) is 0 Å². The molecule has 1 unspecified atom stereocenters. The Morgan fingerprint density at radius 3 is 2.37 bits per heavy atom. The van der Waals surface area contributed by atoms with Gasteiger partial charge >= 0.3 is 0 Å². The number of aliphatic hydroxyl groups is 1. The van der Waals surface area contributed by atoms with Gasteiger partial charge in [-0.3, -0.25) is 9.59 Å². The average Bonchev–Trinajstić information content (AvgIpc) is 3.45. The molecular weight excluding hydrogens is 482 g/mol. The maximum Gasteiger partial charge on any atom is 0.295 e. The van der Waals surface area contributed by atoms with Crippen LogP contribution >= 0.6 is 0 Å². The Morgan fingerprint density at radius 1 is 1.00 bits per heavy atom. The van der Waals surface area contributed by atoms with E-state index >= 15 is 0 Å². The molecule has 0 radical (unpaired) electrons. The van der Waals surface area contributed by atoms with E-state index < -0.39 is 17.7 Å². The molecule has 1 amide bonds. The van der Waals surface area contributed by atoms with E-state index in [0.717, 1.165) is 22.3 Å². The van der Waals surface area contributed by atoms with Gasteiger partial charge in [-0.15, -0.1) is 0 Å². The summed E-state index contributed by atoms with van der Waals surface area (Å²) in [6.45, 7) is 8.50. The van der Waals surface area contributed by atoms with Gasteiger partial charge in [-0.2, -0.15) is 0 Å². The van der Waals surface area contributed by atoms with Crippen molar-refractivity contribution >= 4 is 17.4 Å². The molecule has 7 heteroatoms. The van der Waals surface area contributed by atoms with E-state index in [4.69, 9.17) is 14.2 Å². The van der Waals surface area contributed by atoms with Crippen molar-refractivity contribution in [3.8, 4) is 17.2 Å². The quantitative estimate of drug-likeness (QED) is 0.270. The second-order valence-electron chi connectivity index (χ2n) is 10.7. The van der Waals surface area contributed by atoms with Crippen LogP contribution in [0, 0.1) is 6.92 Å². The lowest BCUT2D eigenvalue weighted by Crippen LogP contribution is -2.29. The van der Waals surface area contributed by atoms with Crippen molar-refractivity contribution in [1.29, 1.82) is 0 Å².